The summed E-state index contributed by atoms with van der Waals surface area (Å²) in [6, 6.07) is 0. The first-order chi connectivity index (χ1) is 4.72. The monoisotopic (exact) mass is 145 g/mol. The van der Waals surface area contributed by atoms with E-state index in [1.165, 1.54) is 0 Å². The first kappa shape index (κ1) is 7.50. The number of carboxylic acids is 1. The summed E-state index contributed by atoms with van der Waals surface area (Å²) in [6.45, 7) is 1.43. The van der Waals surface area contributed by atoms with Crippen LogP contribution in [0.25, 0.3) is 0 Å². The first-order valence-corrected chi connectivity index (χ1v) is 3.33. The molecule has 0 aromatic carbocycles. The standard InChI is InChI=1S/C6H11NO3/c8-5(6(9)10)4-1-2-7-3-4/h4-5,7-8H,1-3H2,(H,9,10)/t4-,5+/m1/s1. The lowest BCUT2D eigenvalue weighted by atomic mass is 10.0. The Labute approximate surface area is 58.9 Å². The van der Waals surface area contributed by atoms with Gasteiger partial charge in [-0.1, -0.05) is 0 Å². The lowest BCUT2D eigenvalue weighted by Gasteiger charge is -2.10. The molecule has 2 atom stereocenters. The number of aliphatic hydroxyl groups is 1. The molecule has 1 aliphatic heterocycles. The second-order valence-electron chi connectivity index (χ2n) is 2.54. The van der Waals surface area contributed by atoms with Gasteiger partial charge in [0.2, 0.25) is 0 Å². The molecule has 0 aliphatic carbocycles. The molecule has 0 bridgehead atoms. The van der Waals surface area contributed by atoms with Crippen LogP contribution in [0.5, 0.6) is 0 Å². The Morgan fingerprint density at radius 1 is 1.70 bits per heavy atom. The zero-order valence-electron chi connectivity index (χ0n) is 5.58. The summed E-state index contributed by atoms with van der Waals surface area (Å²) in [4.78, 5) is 10.2. The van der Waals surface area contributed by atoms with Crippen molar-refractivity contribution in [3.63, 3.8) is 0 Å². The van der Waals surface area contributed by atoms with Gasteiger partial charge >= 0.3 is 5.97 Å². The van der Waals surface area contributed by atoms with Gasteiger partial charge in [-0.25, -0.2) is 4.79 Å². The Kier molecular flexibility index (Phi) is 2.24. The van der Waals surface area contributed by atoms with Gasteiger partial charge in [-0.2, -0.15) is 0 Å². The van der Waals surface area contributed by atoms with E-state index in [0.717, 1.165) is 13.0 Å². The van der Waals surface area contributed by atoms with Gasteiger partial charge in [0.05, 0.1) is 0 Å². The minimum absolute atomic E-state index is 0.0995. The van der Waals surface area contributed by atoms with Gasteiger partial charge in [-0.05, 0) is 13.0 Å². The van der Waals surface area contributed by atoms with Crippen LogP contribution >= 0.6 is 0 Å². The molecule has 1 fully saturated rings. The predicted molar refractivity (Wildman–Crippen MR) is 34.6 cm³/mol. The lowest BCUT2D eigenvalue weighted by Crippen LogP contribution is -2.30. The maximum Gasteiger partial charge on any atom is 0.332 e. The summed E-state index contributed by atoms with van der Waals surface area (Å²) < 4.78 is 0. The van der Waals surface area contributed by atoms with Crippen LogP contribution in [0.3, 0.4) is 0 Å². The average molecular weight is 145 g/mol. The fourth-order valence-electron chi connectivity index (χ4n) is 1.15. The molecule has 0 saturated carbocycles. The van der Waals surface area contributed by atoms with E-state index in [1.807, 2.05) is 0 Å². The molecular weight excluding hydrogens is 134 g/mol. The van der Waals surface area contributed by atoms with Crippen LogP contribution in [-0.2, 0) is 4.79 Å². The van der Waals surface area contributed by atoms with E-state index in [0.29, 0.717) is 6.54 Å². The summed E-state index contributed by atoms with van der Waals surface area (Å²) in [5, 5.41) is 20.3. The largest absolute Gasteiger partial charge is 0.479 e. The van der Waals surface area contributed by atoms with Crippen molar-refractivity contribution in [3.05, 3.63) is 0 Å². The predicted octanol–water partition coefficient (Wildman–Crippen LogP) is -0.959. The topological polar surface area (TPSA) is 69.6 Å². The molecule has 0 radical (unpaired) electrons. The molecule has 0 amide bonds. The highest BCUT2D eigenvalue weighted by Gasteiger charge is 2.27. The fraction of sp³-hybridized carbons (Fsp3) is 0.833. The van der Waals surface area contributed by atoms with Gasteiger partial charge in [-0.3, -0.25) is 0 Å². The zero-order chi connectivity index (χ0) is 7.56. The number of aliphatic hydroxyl groups excluding tert-OH is 1. The Morgan fingerprint density at radius 2 is 2.40 bits per heavy atom. The smallest absolute Gasteiger partial charge is 0.332 e. The molecule has 1 saturated heterocycles. The van der Waals surface area contributed by atoms with Crippen LogP contribution < -0.4 is 5.32 Å². The third-order valence-corrected chi connectivity index (χ3v) is 1.80. The molecule has 58 valence electrons. The molecule has 1 rings (SSSR count). The summed E-state index contributed by atoms with van der Waals surface area (Å²) in [7, 11) is 0. The van der Waals surface area contributed by atoms with Crippen molar-refractivity contribution in [1.82, 2.24) is 5.32 Å². The van der Waals surface area contributed by atoms with Gasteiger partial charge in [0.25, 0.3) is 0 Å². The second kappa shape index (κ2) is 2.98. The normalized spacial score (nSPS) is 28.3. The zero-order valence-corrected chi connectivity index (χ0v) is 5.58. The van der Waals surface area contributed by atoms with Crippen molar-refractivity contribution in [2.45, 2.75) is 12.5 Å². The van der Waals surface area contributed by atoms with Gasteiger partial charge in [0, 0.05) is 12.5 Å². The van der Waals surface area contributed by atoms with Gasteiger partial charge < -0.3 is 15.5 Å². The van der Waals surface area contributed by atoms with E-state index in [2.05, 4.69) is 5.32 Å². The third-order valence-electron chi connectivity index (χ3n) is 1.80. The molecule has 0 aromatic rings. The van der Waals surface area contributed by atoms with Crippen LogP contribution in [0.1, 0.15) is 6.42 Å². The SMILES string of the molecule is O=C(O)[C@@H](O)[C@@H]1CCNC1. The molecule has 0 unspecified atom stereocenters. The molecular formula is C6H11NO3. The summed E-state index contributed by atoms with van der Waals surface area (Å²) in [6.07, 6.45) is -0.428. The molecule has 1 heterocycles. The Bertz CT molecular complexity index is 131. The molecule has 10 heavy (non-hydrogen) atoms. The van der Waals surface area contributed by atoms with E-state index >= 15 is 0 Å². The fourth-order valence-corrected chi connectivity index (χ4v) is 1.15. The highest BCUT2D eigenvalue weighted by Crippen LogP contribution is 2.12. The van der Waals surface area contributed by atoms with E-state index in [4.69, 9.17) is 10.2 Å². The van der Waals surface area contributed by atoms with E-state index in [9.17, 15) is 4.79 Å². The summed E-state index contributed by atoms with van der Waals surface area (Å²) >= 11 is 0. The lowest BCUT2D eigenvalue weighted by molar-refractivity contribution is -0.149. The number of rotatable bonds is 2. The number of carbonyl (C=O) groups is 1. The second-order valence-corrected chi connectivity index (χ2v) is 2.54. The minimum Gasteiger partial charge on any atom is -0.479 e. The van der Waals surface area contributed by atoms with Crippen LogP contribution in [-0.4, -0.2) is 35.4 Å². The molecule has 0 aromatic heterocycles. The van der Waals surface area contributed by atoms with Crippen LogP contribution in [0.4, 0.5) is 0 Å². The third kappa shape index (κ3) is 1.46. The number of aliphatic carboxylic acids is 1. The number of nitrogens with one attached hydrogen (secondary N) is 1. The van der Waals surface area contributed by atoms with E-state index in [-0.39, 0.29) is 5.92 Å². The van der Waals surface area contributed by atoms with Crippen LogP contribution in [0.15, 0.2) is 0 Å². The molecule has 4 heteroatoms. The molecule has 4 nitrogen and oxygen atoms in total. The van der Waals surface area contributed by atoms with Crippen molar-refractivity contribution in [3.8, 4) is 0 Å². The van der Waals surface area contributed by atoms with Crippen molar-refractivity contribution in [2.75, 3.05) is 13.1 Å². The maximum atomic E-state index is 10.2. The van der Waals surface area contributed by atoms with Gasteiger partial charge in [-0.15, -0.1) is 0 Å². The Hall–Kier alpha value is -0.610. The van der Waals surface area contributed by atoms with Crippen molar-refractivity contribution in [2.24, 2.45) is 5.92 Å². The minimum atomic E-state index is -1.19. The maximum absolute atomic E-state index is 10.2. The van der Waals surface area contributed by atoms with Crippen molar-refractivity contribution >= 4 is 5.97 Å². The van der Waals surface area contributed by atoms with Crippen LogP contribution in [0, 0.1) is 5.92 Å². The molecule has 3 N–H and O–H groups in total. The average Bonchev–Trinajstić information content (AvgIpc) is 2.36. The van der Waals surface area contributed by atoms with Gasteiger partial charge in [0.15, 0.2) is 6.10 Å². The van der Waals surface area contributed by atoms with Crippen molar-refractivity contribution in [1.29, 1.82) is 0 Å². The van der Waals surface area contributed by atoms with Crippen molar-refractivity contribution < 1.29 is 15.0 Å². The number of hydrogen-bond donors (Lipinski definition) is 3. The van der Waals surface area contributed by atoms with E-state index < -0.39 is 12.1 Å². The highest BCUT2D eigenvalue weighted by molar-refractivity contribution is 5.72. The molecule has 1 aliphatic rings. The number of carboxylic acid groups (broad SMARTS) is 1. The molecule has 0 spiro atoms. The number of hydrogen-bond acceptors (Lipinski definition) is 3. The highest BCUT2D eigenvalue weighted by atomic mass is 16.4. The summed E-state index contributed by atoms with van der Waals surface area (Å²) in [5.74, 6) is -1.22. The quantitative estimate of drug-likeness (QED) is 0.468. The first-order valence-electron chi connectivity index (χ1n) is 3.33. The van der Waals surface area contributed by atoms with E-state index in [1.54, 1.807) is 0 Å². The van der Waals surface area contributed by atoms with Crippen LogP contribution in [0.2, 0.25) is 0 Å². The Balaban J connectivity index is 2.39. The Morgan fingerprint density at radius 3 is 2.80 bits per heavy atom. The summed E-state index contributed by atoms with van der Waals surface area (Å²) in [5.41, 5.74) is 0. The van der Waals surface area contributed by atoms with Gasteiger partial charge in [0.1, 0.15) is 0 Å².